The Bertz CT molecular complexity index is 308. The van der Waals surface area contributed by atoms with Gasteiger partial charge in [0.1, 0.15) is 0 Å². The lowest BCUT2D eigenvalue weighted by Crippen LogP contribution is -2.01. The summed E-state index contributed by atoms with van der Waals surface area (Å²) in [5.41, 5.74) is 0.168. The van der Waals surface area contributed by atoms with Gasteiger partial charge in [0, 0.05) is 4.88 Å². The van der Waals surface area contributed by atoms with E-state index < -0.39 is 5.97 Å². The molecule has 12 heavy (non-hydrogen) atoms. The number of hydrogen-bond acceptors (Lipinski definition) is 3. The van der Waals surface area contributed by atoms with Gasteiger partial charge in [-0.15, -0.1) is 11.3 Å². The minimum absolute atomic E-state index is 0.168. The number of halogens is 1. The molecule has 1 aromatic rings. The molecule has 0 unspecified atom stereocenters. The van der Waals surface area contributed by atoms with Gasteiger partial charge >= 0.3 is 5.97 Å². The average Bonchev–Trinajstić information content (AvgIpc) is 2.31. The van der Waals surface area contributed by atoms with E-state index in [-0.39, 0.29) is 11.6 Å². The van der Waals surface area contributed by atoms with Crippen molar-refractivity contribution in [3.8, 4) is 0 Å². The Morgan fingerprint density at radius 3 is 2.58 bits per heavy atom. The summed E-state index contributed by atoms with van der Waals surface area (Å²) in [6.07, 6.45) is 0. The molecule has 0 aliphatic rings. The molecule has 1 aromatic heterocycles. The van der Waals surface area contributed by atoms with Crippen LogP contribution in [-0.4, -0.2) is 16.1 Å². The van der Waals surface area contributed by atoms with Gasteiger partial charge in [0.05, 0.1) is 0 Å². The highest BCUT2D eigenvalue weighted by molar-refractivity contribution is 9.11. The van der Waals surface area contributed by atoms with E-state index in [4.69, 9.17) is 5.11 Å². The summed E-state index contributed by atoms with van der Waals surface area (Å²) in [6.45, 7) is 3.90. The van der Waals surface area contributed by atoms with Crippen LogP contribution in [0.1, 0.15) is 35.1 Å². The normalized spacial score (nSPS) is 10.7. The Kier molecular flexibility index (Phi) is 2.85. The van der Waals surface area contributed by atoms with Crippen LogP contribution in [0.4, 0.5) is 0 Å². The number of nitrogens with zero attached hydrogens (tertiary/aromatic N) is 1. The van der Waals surface area contributed by atoms with Gasteiger partial charge < -0.3 is 5.11 Å². The fraction of sp³-hybridized carbons (Fsp3) is 0.429. The van der Waals surface area contributed by atoms with E-state index in [0.29, 0.717) is 3.92 Å². The smallest absolute Gasteiger partial charge is 0.355 e. The molecule has 1 N–H and O–H groups in total. The predicted octanol–water partition coefficient (Wildman–Crippen LogP) is 2.73. The molecule has 0 radical (unpaired) electrons. The molecule has 1 heterocycles. The van der Waals surface area contributed by atoms with Crippen LogP contribution in [0.5, 0.6) is 0 Å². The van der Waals surface area contributed by atoms with Gasteiger partial charge in [0.15, 0.2) is 9.61 Å². The highest BCUT2D eigenvalue weighted by atomic mass is 79.9. The fourth-order valence-corrected chi connectivity index (χ4v) is 2.33. The van der Waals surface area contributed by atoms with Crippen molar-refractivity contribution in [2.75, 3.05) is 0 Å². The lowest BCUT2D eigenvalue weighted by Gasteiger charge is -1.99. The van der Waals surface area contributed by atoms with E-state index in [9.17, 15) is 4.79 Å². The quantitative estimate of drug-likeness (QED) is 0.877. The zero-order valence-corrected chi connectivity index (χ0v) is 9.07. The molecule has 0 aliphatic heterocycles. The first-order valence-corrected chi connectivity index (χ1v) is 5.03. The van der Waals surface area contributed by atoms with Crippen molar-refractivity contribution in [2.24, 2.45) is 0 Å². The third-order valence-electron chi connectivity index (χ3n) is 1.35. The summed E-state index contributed by atoms with van der Waals surface area (Å²) < 4.78 is 0.628. The highest BCUT2D eigenvalue weighted by Gasteiger charge is 2.18. The highest BCUT2D eigenvalue weighted by Crippen LogP contribution is 2.29. The molecule has 0 saturated heterocycles. The van der Waals surface area contributed by atoms with Crippen LogP contribution in [0.3, 0.4) is 0 Å². The van der Waals surface area contributed by atoms with Crippen LogP contribution in [0, 0.1) is 0 Å². The number of carboxylic acid groups (broad SMARTS) is 1. The molecule has 0 aromatic carbocycles. The maximum atomic E-state index is 10.7. The molecule has 66 valence electrons. The molecule has 0 fully saturated rings. The largest absolute Gasteiger partial charge is 0.476 e. The minimum Gasteiger partial charge on any atom is -0.476 e. The number of aromatic nitrogens is 1. The van der Waals surface area contributed by atoms with Gasteiger partial charge in [-0.3, -0.25) is 0 Å². The third-order valence-corrected chi connectivity index (χ3v) is 3.16. The molecule has 5 heteroatoms. The standard InChI is InChI=1S/C7H8BrNO2S/c1-3(2)5-4(6(10)11)9-7(8)12-5/h3H,1-2H3,(H,10,11). The topological polar surface area (TPSA) is 50.2 Å². The summed E-state index contributed by atoms with van der Waals surface area (Å²) in [5, 5.41) is 8.75. The van der Waals surface area contributed by atoms with Crippen molar-refractivity contribution in [3.05, 3.63) is 14.5 Å². The number of rotatable bonds is 2. The van der Waals surface area contributed by atoms with Gasteiger partial charge in [-0.1, -0.05) is 13.8 Å². The van der Waals surface area contributed by atoms with E-state index in [1.807, 2.05) is 13.8 Å². The van der Waals surface area contributed by atoms with E-state index in [1.165, 1.54) is 11.3 Å². The first-order chi connectivity index (χ1) is 5.52. The van der Waals surface area contributed by atoms with E-state index >= 15 is 0 Å². The third kappa shape index (κ3) is 1.84. The van der Waals surface area contributed by atoms with Crippen LogP contribution < -0.4 is 0 Å². The van der Waals surface area contributed by atoms with Crippen molar-refractivity contribution >= 4 is 33.2 Å². The van der Waals surface area contributed by atoms with Gasteiger partial charge in [-0.2, -0.15) is 0 Å². The Hall–Kier alpha value is -0.420. The second-order valence-electron chi connectivity index (χ2n) is 2.64. The van der Waals surface area contributed by atoms with E-state index in [0.717, 1.165) is 4.88 Å². The SMILES string of the molecule is CC(C)c1sc(Br)nc1C(=O)O. The van der Waals surface area contributed by atoms with Crippen LogP contribution in [0.25, 0.3) is 0 Å². The number of thiazole rings is 1. The Morgan fingerprint density at radius 1 is 1.67 bits per heavy atom. The number of carbonyl (C=O) groups is 1. The number of carboxylic acids is 1. The molecule has 0 spiro atoms. The van der Waals surface area contributed by atoms with Gasteiger partial charge in [-0.25, -0.2) is 9.78 Å². The van der Waals surface area contributed by atoms with Crippen molar-refractivity contribution in [1.82, 2.24) is 4.98 Å². The van der Waals surface area contributed by atoms with Crippen molar-refractivity contribution in [2.45, 2.75) is 19.8 Å². The van der Waals surface area contributed by atoms with Crippen LogP contribution >= 0.6 is 27.3 Å². The first kappa shape index (κ1) is 9.67. The summed E-state index contributed by atoms with van der Waals surface area (Å²) in [6, 6.07) is 0. The van der Waals surface area contributed by atoms with Crippen LogP contribution in [0.15, 0.2) is 3.92 Å². The lowest BCUT2D eigenvalue weighted by atomic mass is 10.1. The van der Waals surface area contributed by atoms with Crippen molar-refractivity contribution < 1.29 is 9.90 Å². The lowest BCUT2D eigenvalue weighted by molar-refractivity contribution is 0.0689. The second-order valence-corrected chi connectivity index (χ2v) is 4.95. The van der Waals surface area contributed by atoms with Gasteiger partial charge in [0.2, 0.25) is 0 Å². The van der Waals surface area contributed by atoms with Crippen LogP contribution in [-0.2, 0) is 0 Å². The van der Waals surface area contributed by atoms with Crippen molar-refractivity contribution in [3.63, 3.8) is 0 Å². The molecule has 0 bridgehead atoms. The Labute approximate surface area is 82.6 Å². The number of aromatic carboxylic acids is 1. The monoisotopic (exact) mass is 249 g/mol. The summed E-state index contributed by atoms with van der Waals surface area (Å²) in [5.74, 6) is -0.749. The molecule has 1 rings (SSSR count). The second kappa shape index (κ2) is 3.53. The fourth-order valence-electron chi connectivity index (χ4n) is 0.849. The molecular weight excluding hydrogens is 242 g/mol. The maximum absolute atomic E-state index is 10.7. The van der Waals surface area contributed by atoms with E-state index in [1.54, 1.807) is 0 Å². The molecule has 0 saturated carbocycles. The molecule has 0 atom stereocenters. The zero-order valence-electron chi connectivity index (χ0n) is 6.67. The summed E-state index contributed by atoms with van der Waals surface area (Å²) in [7, 11) is 0. The summed E-state index contributed by atoms with van der Waals surface area (Å²) in [4.78, 5) is 15.3. The summed E-state index contributed by atoms with van der Waals surface area (Å²) >= 11 is 4.54. The van der Waals surface area contributed by atoms with Gasteiger partial charge in [-0.05, 0) is 21.8 Å². The molecule has 3 nitrogen and oxygen atoms in total. The first-order valence-electron chi connectivity index (χ1n) is 3.42. The maximum Gasteiger partial charge on any atom is 0.355 e. The molecular formula is C7H8BrNO2S. The molecule has 0 aliphatic carbocycles. The minimum atomic E-state index is -0.958. The predicted molar refractivity (Wildman–Crippen MR) is 50.9 cm³/mol. The molecule has 0 amide bonds. The Balaban J connectivity index is 3.17. The number of hydrogen-bond donors (Lipinski definition) is 1. The zero-order chi connectivity index (χ0) is 9.30. The average molecular weight is 250 g/mol. The van der Waals surface area contributed by atoms with E-state index in [2.05, 4.69) is 20.9 Å². The van der Waals surface area contributed by atoms with Gasteiger partial charge in [0.25, 0.3) is 0 Å². The van der Waals surface area contributed by atoms with Crippen LogP contribution in [0.2, 0.25) is 0 Å². The Morgan fingerprint density at radius 2 is 2.25 bits per heavy atom. The van der Waals surface area contributed by atoms with Crippen molar-refractivity contribution in [1.29, 1.82) is 0 Å².